The molecule has 0 aliphatic heterocycles. The minimum absolute atomic E-state index is 0.124. The second-order valence-corrected chi connectivity index (χ2v) is 5.07. The predicted octanol–water partition coefficient (Wildman–Crippen LogP) is 2.27. The molecule has 106 valence electrons. The average molecular weight is 274 g/mol. The first-order valence-electron chi connectivity index (χ1n) is 6.50. The molecule has 0 aromatic carbocycles. The van der Waals surface area contributed by atoms with E-state index >= 15 is 0 Å². The molecule has 2 heterocycles. The number of amides is 1. The average Bonchev–Trinajstić information content (AvgIpc) is 2.85. The first kappa shape index (κ1) is 14.2. The maximum absolute atomic E-state index is 11.3. The van der Waals surface area contributed by atoms with Crippen molar-refractivity contribution < 1.29 is 9.32 Å². The second kappa shape index (κ2) is 5.81. The molecule has 6 heteroatoms. The van der Waals surface area contributed by atoms with Crippen molar-refractivity contribution >= 4 is 5.91 Å². The first-order valence-corrected chi connectivity index (χ1v) is 6.50. The Labute approximate surface area is 117 Å². The van der Waals surface area contributed by atoms with E-state index in [0.29, 0.717) is 11.7 Å². The van der Waals surface area contributed by atoms with Gasteiger partial charge in [-0.25, -0.2) is 0 Å². The van der Waals surface area contributed by atoms with Gasteiger partial charge in [0.1, 0.15) is 6.04 Å². The summed E-state index contributed by atoms with van der Waals surface area (Å²) in [6, 6.07) is 1.60. The Morgan fingerprint density at radius 1 is 1.40 bits per heavy atom. The molecule has 1 N–H and O–H groups in total. The normalized spacial score (nSPS) is 12.4. The summed E-state index contributed by atoms with van der Waals surface area (Å²) in [6.45, 7) is 7.40. The van der Waals surface area contributed by atoms with Crippen LogP contribution in [0.25, 0.3) is 11.4 Å². The summed E-state index contributed by atoms with van der Waals surface area (Å²) in [6.07, 6.45) is 3.42. The zero-order valence-electron chi connectivity index (χ0n) is 12.0. The molecule has 0 fully saturated rings. The summed E-state index contributed by atoms with van der Waals surface area (Å²) in [7, 11) is 0. The van der Waals surface area contributed by atoms with Gasteiger partial charge in [0.05, 0.1) is 0 Å². The van der Waals surface area contributed by atoms with Gasteiger partial charge in [-0.2, -0.15) is 4.98 Å². The Kier molecular flexibility index (Phi) is 4.12. The van der Waals surface area contributed by atoms with Crippen molar-refractivity contribution in [2.45, 2.75) is 33.7 Å². The molecule has 6 nitrogen and oxygen atoms in total. The fraction of sp³-hybridized carbons (Fsp3) is 0.429. The zero-order chi connectivity index (χ0) is 14.7. The van der Waals surface area contributed by atoms with Crippen LogP contribution in [-0.2, 0) is 4.79 Å². The molecule has 0 bridgehead atoms. The predicted molar refractivity (Wildman–Crippen MR) is 73.7 cm³/mol. The highest BCUT2D eigenvalue weighted by molar-refractivity contribution is 5.73. The summed E-state index contributed by atoms with van der Waals surface area (Å²) in [5, 5.41) is 6.80. The van der Waals surface area contributed by atoms with Gasteiger partial charge in [0.2, 0.25) is 17.6 Å². The van der Waals surface area contributed by atoms with Gasteiger partial charge >= 0.3 is 0 Å². The lowest BCUT2D eigenvalue weighted by Crippen LogP contribution is -2.29. The largest absolute Gasteiger partial charge is 0.344 e. The fourth-order valence-corrected chi connectivity index (χ4v) is 1.90. The van der Waals surface area contributed by atoms with Crippen LogP contribution < -0.4 is 5.32 Å². The first-order chi connectivity index (χ1) is 9.49. The Bertz CT molecular complexity index is 607. The SMILES string of the molecule is CC(=O)NC(c1nc(-c2cnccc2C)no1)C(C)C. The minimum Gasteiger partial charge on any atom is -0.344 e. The van der Waals surface area contributed by atoms with Crippen LogP contribution in [0.4, 0.5) is 0 Å². The molecular formula is C14H18N4O2. The van der Waals surface area contributed by atoms with E-state index in [0.717, 1.165) is 11.1 Å². The lowest BCUT2D eigenvalue weighted by Gasteiger charge is -2.17. The maximum Gasteiger partial charge on any atom is 0.249 e. The molecule has 0 spiro atoms. The third-order valence-electron chi connectivity index (χ3n) is 3.01. The van der Waals surface area contributed by atoms with Crippen LogP contribution >= 0.6 is 0 Å². The van der Waals surface area contributed by atoms with Crippen LogP contribution in [0.15, 0.2) is 23.0 Å². The summed E-state index contributed by atoms with van der Waals surface area (Å²) in [4.78, 5) is 19.7. The number of aryl methyl sites for hydroxylation is 1. The zero-order valence-corrected chi connectivity index (χ0v) is 12.0. The Hall–Kier alpha value is -2.24. The van der Waals surface area contributed by atoms with E-state index in [1.807, 2.05) is 26.8 Å². The Balaban J connectivity index is 2.32. The van der Waals surface area contributed by atoms with Crippen molar-refractivity contribution in [3.8, 4) is 11.4 Å². The van der Waals surface area contributed by atoms with Gasteiger partial charge in [-0.05, 0) is 24.5 Å². The number of rotatable bonds is 4. The number of nitrogens with zero attached hydrogens (tertiary/aromatic N) is 3. The summed E-state index contributed by atoms with van der Waals surface area (Å²) in [5.74, 6) is 0.929. The van der Waals surface area contributed by atoms with Gasteiger partial charge in [0.25, 0.3) is 0 Å². The number of hydrogen-bond donors (Lipinski definition) is 1. The summed E-state index contributed by atoms with van der Waals surface area (Å²) >= 11 is 0. The highest BCUT2D eigenvalue weighted by atomic mass is 16.5. The van der Waals surface area contributed by atoms with Crippen molar-refractivity contribution in [3.63, 3.8) is 0 Å². The van der Waals surface area contributed by atoms with E-state index in [-0.39, 0.29) is 17.9 Å². The highest BCUT2D eigenvalue weighted by Crippen LogP contribution is 2.24. The second-order valence-electron chi connectivity index (χ2n) is 5.07. The molecule has 1 atom stereocenters. The molecule has 0 radical (unpaired) electrons. The maximum atomic E-state index is 11.3. The van der Waals surface area contributed by atoms with Gasteiger partial charge in [-0.1, -0.05) is 19.0 Å². The van der Waals surface area contributed by atoms with Gasteiger partial charge in [-0.3, -0.25) is 9.78 Å². The minimum atomic E-state index is -0.286. The number of carbonyl (C=O) groups is 1. The van der Waals surface area contributed by atoms with E-state index in [4.69, 9.17) is 4.52 Å². The van der Waals surface area contributed by atoms with E-state index in [1.54, 1.807) is 12.4 Å². The van der Waals surface area contributed by atoms with Crippen molar-refractivity contribution in [2.24, 2.45) is 5.92 Å². The molecule has 2 rings (SSSR count). The molecule has 0 aliphatic rings. The van der Waals surface area contributed by atoms with Crippen molar-refractivity contribution in [1.29, 1.82) is 0 Å². The smallest absolute Gasteiger partial charge is 0.249 e. The van der Waals surface area contributed by atoms with Crippen LogP contribution in [0, 0.1) is 12.8 Å². The topological polar surface area (TPSA) is 80.9 Å². The van der Waals surface area contributed by atoms with Gasteiger partial charge < -0.3 is 9.84 Å². The van der Waals surface area contributed by atoms with E-state index in [2.05, 4.69) is 20.4 Å². The molecule has 0 aliphatic carbocycles. The Morgan fingerprint density at radius 3 is 2.75 bits per heavy atom. The van der Waals surface area contributed by atoms with Crippen LogP contribution in [0.3, 0.4) is 0 Å². The number of nitrogens with one attached hydrogen (secondary N) is 1. The van der Waals surface area contributed by atoms with E-state index < -0.39 is 0 Å². The summed E-state index contributed by atoms with van der Waals surface area (Å²) < 4.78 is 5.29. The van der Waals surface area contributed by atoms with Crippen LogP contribution in [0.2, 0.25) is 0 Å². The standard InChI is InChI=1S/C14H18N4O2/c1-8(2)12(16-10(4)19)14-17-13(18-20-14)11-7-15-6-5-9(11)3/h5-8,12H,1-4H3,(H,16,19). The Morgan fingerprint density at radius 2 is 2.15 bits per heavy atom. The monoisotopic (exact) mass is 274 g/mol. The van der Waals surface area contributed by atoms with E-state index in [9.17, 15) is 4.79 Å². The molecule has 0 saturated heterocycles. The fourth-order valence-electron chi connectivity index (χ4n) is 1.90. The molecular weight excluding hydrogens is 256 g/mol. The number of aromatic nitrogens is 3. The third-order valence-corrected chi connectivity index (χ3v) is 3.01. The number of hydrogen-bond acceptors (Lipinski definition) is 5. The quantitative estimate of drug-likeness (QED) is 0.925. The van der Waals surface area contributed by atoms with Crippen LogP contribution in [-0.4, -0.2) is 21.0 Å². The molecule has 20 heavy (non-hydrogen) atoms. The third kappa shape index (κ3) is 3.01. The number of carbonyl (C=O) groups excluding carboxylic acids is 1. The van der Waals surface area contributed by atoms with Crippen LogP contribution in [0.1, 0.15) is 38.3 Å². The molecule has 0 saturated carbocycles. The van der Waals surface area contributed by atoms with Crippen molar-refractivity contribution in [1.82, 2.24) is 20.4 Å². The van der Waals surface area contributed by atoms with Gasteiger partial charge in [-0.15, -0.1) is 0 Å². The lowest BCUT2D eigenvalue weighted by molar-refractivity contribution is -0.120. The highest BCUT2D eigenvalue weighted by Gasteiger charge is 2.24. The van der Waals surface area contributed by atoms with Crippen molar-refractivity contribution in [3.05, 3.63) is 29.9 Å². The van der Waals surface area contributed by atoms with Crippen molar-refractivity contribution in [2.75, 3.05) is 0 Å². The molecule has 2 aromatic heterocycles. The van der Waals surface area contributed by atoms with Gasteiger partial charge in [0, 0.05) is 24.9 Å². The van der Waals surface area contributed by atoms with Gasteiger partial charge in [0.15, 0.2) is 0 Å². The summed E-state index contributed by atoms with van der Waals surface area (Å²) in [5.41, 5.74) is 1.85. The molecule has 1 unspecified atom stereocenters. The number of pyridine rings is 1. The molecule has 2 aromatic rings. The van der Waals surface area contributed by atoms with Crippen LogP contribution in [0.5, 0.6) is 0 Å². The van der Waals surface area contributed by atoms with E-state index in [1.165, 1.54) is 6.92 Å². The lowest BCUT2D eigenvalue weighted by atomic mass is 10.0. The molecule has 1 amide bonds.